The monoisotopic (exact) mass is 348 g/mol. The van der Waals surface area contributed by atoms with Crippen LogP contribution in [0.15, 0.2) is 53.5 Å². The van der Waals surface area contributed by atoms with E-state index < -0.39 is 6.36 Å². The SMILES string of the molecule is CC(=N)c1ccc(C(=N)/N=C\Nc2ccc(OC(F)(F)F)cc2)cc1. The highest BCUT2D eigenvalue weighted by Gasteiger charge is 2.30. The van der Waals surface area contributed by atoms with E-state index in [9.17, 15) is 13.2 Å². The van der Waals surface area contributed by atoms with Gasteiger partial charge in [-0.25, -0.2) is 4.99 Å². The smallest absolute Gasteiger partial charge is 0.406 e. The van der Waals surface area contributed by atoms with E-state index in [-0.39, 0.29) is 11.6 Å². The van der Waals surface area contributed by atoms with E-state index in [1.165, 1.54) is 30.6 Å². The molecule has 0 radical (unpaired) electrons. The fraction of sp³-hybridized carbons (Fsp3) is 0.118. The summed E-state index contributed by atoms with van der Waals surface area (Å²) in [5, 5.41) is 18.1. The van der Waals surface area contributed by atoms with Gasteiger partial charge in [-0.05, 0) is 36.8 Å². The van der Waals surface area contributed by atoms with Gasteiger partial charge in [-0.2, -0.15) is 0 Å². The largest absolute Gasteiger partial charge is 0.573 e. The van der Waals surface area contributed by atoms with Crippen LogP contribution < -0.4 is 10.1 Å². The van der Waals surface area contributed by atoms with Crippen molar-refractivity contribution in [1.29, 1.82) is 10.8 Å². The van der Waals surface area contributed by atoms with Gasteiger partial charge in [0.2, 0.25) is 0 Å². The minimum atomic E-state index is -4.72. The Hall–Kier alpha value is -3.16. The van der Waals surface area contributed by atoms with Crippen molar-refractivity contribution in [1.82, 2.24) is 0 Å². The Bertz CT molecular complexity index is 781. The zero-order valence-corrected chi connectivity index (χ0v) is 13.2. The molecule has 0 aromatic heterocycles. The van der Waals surface area contributed by atoms with Gasteiger partial charge in [-0.15, -0.1) is 13.2 Å². The van der Waals surface area contributed by atoms with Crippen molar-refractivity contribution in [2.45, 2.75) is 13.3 Å². The number of aliphatic imine (C=N–C) groups is 1. The van der Waals surface area contributed by atoms with E-state index in [0.29, 0.717) is 17.0 Å². The molecule has 0 spiro atoms. The first kappa shape index (κ1) is 18.2. The third-order valence-corrected chi connectivity index (χ3v) is 3.10. The second-order valence-electron chi connectivity index (χ2n) is 5.03. The number of halogens is 3. The molecule has 3 N–H and O–H groups in total. The van der Waals surface area contributed by atoms with Crippen LogP contribution in [0.3, 0.4) is 0 Å². The molecule has 0 amide bonds. The first-order valence-corrected chi connectivity index (χ1v) is 7.14. The van der Waals surface area contributed by atoms with Crippen LogP contribution in [0.2, 0.25) is 0 Å². The molecule has 0 heterocycles. The van der Waals surface area contributed by atoms with Crippen LogP contribution >= 0.6 is 0 Å². The Kier molecular flexibility index (Phi) is 5.53. The fourth-order valence-corrected chi connectivity index (χ4v) is 1.88. The summed E-state index contributed by atoms with van der Waals surface area (Å²) < 4.78 is 40.0. The molecule has 0 bridgehead atoms. The Morgan fingerprint density at radius 3 is 2.08 bits per heavy atom. The van der Waals surface area contributed by atoms with Crippen molar-refractivity contribution in [2.24, 2.45) is 4.99 Å². The van der Waals surface area contributed by atoms with Gasteiger partial charge in [-0.1, -0.05) is 24.3 Å². The molecule has 0 atom stereocenters. The molecule has 8 heteroatoms. The molecule has 2 aromatic carbocycles. The molecule has 0 aliphatic heterocycles. The first-order valence-electron chi connectivity index (χ1n) is 7.14. The van der Waals surface area contributed by atoms with E-state index in [4.69, 9.17) is 10.8 Å². The predicted molar refractivity (Wildman–Crippen MR) is 91.0 cm³/mol. The van der Waals surface area contributed by atoms with Gasteiger partial charge in [0.15, 0.2) is 5.84 Å². The van der Waals surface area contributed by atoms with Gasteiger partial charge in [0.05, 0.1) is 6.34 Å². The lowest BCUT2D eigenvalue weighted by Gasteiger charge is -2.09. The summed E-state index contributed by atoms with van der Waals surface area (Å²) in [7, 11) is 0. The van der Waals surface area contributed by atoms with Crippen LogP contribution in [0.4, 0.5) is 18.9 Å². The Balaban J connectivity index is 1.93. The van der Waals surface area contributed by atoms with Gasteiger partial charge in [0, 0.05) is 17.0 Å². The second kappa shape index (κ2) is 7.61. The summed E-state index contributed by atoms with van der Waals surface area (Å²) >= 11 is 0. The lowest BCUT2D eigenvalue weighted by Crippen LogP contribution is -2.17. The second-order valence-corrected chi connectivity index (χ2v) is 5.03. The minimum absolute atomic E-state index is 0.0127. The molecule has 0 unspecified atom stereocenters. The predicted octanol–water partition coefficient (Wildman–Crippen LogP) is 4.44. The highest BCUT2D eigenvalue weighted by Crippen LogP contribution is 2.23. The fourth-order valence-electron chi connectivity index (χ4n) is 1.88. The van der Waals surface area contributed by atoms with Gasteiger partial charge in [0.25, 0.3) is 0 Å². The number of nitrogens with zero attached hydrogens (tertiary/aromatic N) is 1. The van der Waals surface area contributed by atoms with E-state index in [2.05, 4.69) is 15.0 Å². The Morgan fingerprint density at radius 1 is 1.00 bits per heavy atom. The number of rotatable bonds is 5. The van der Waals surface area contributed by atoms with E-state index in [0.717, 1.165) is 5.56 Å². The average Bonchev–Trinajstić information content (AvgIpc) is 2.55. The van der Waals surface area contributed by atoms with Crippen LogP contribution in [-0.4, -0.2) is 24.2 Å². The maximum absolute atomic E-state index is 12.1. The number of amidine groups is 1. The lowest BCUT2D eigenvalue weighted by molar-refractivity contribution is -0.274. The van der Waals surface area contributed by atoms with Gasteiger partial charge < -0.3 is 15.5 Å². The molecule has 0 aliphatic rings. The quantitative estimate of drug-likeness (QED) is 0.551. The number of anilines is 1. The summed E-state index contributed by atoms with van der Waals surface area (Å²) in [5.41, 5.74) is 2.28. The Morgan fingerprint density at radius 2 is 1.56 bits per heavy atom. The Labute approximate surface area is 142 Å². The number of hydrogen-bond acceptors (Lipinski definition) is 3. The number of ether oxygens (including phenoxy) is 1. The molecule has 0 aliphatic carbocycles. The molecule has 2 aromatic rings. The van der Waals surface area contributed by atoms with E-state index in [1.807, 2.05) is 0 Å². The molecule has 5 nitrogen and oxygen atoms in total. The molecule has 130 valence electrons. The summed E-state index contributed by atoms with van der Waals surface area (Å²) in [5.74, 6) is -0.303. The van der Waals surface area contributed by atoms with Crippen molar-refractivity contribution in [2.75, 3.05) is 5.32 Å². The third kappa shape index (κ3) is 5.76. The van der Waals surface area contributed by atoms with Gasteiger partial charge in [0.1, 0.15) is 5.75 Å². The maximum atomic E-state index is 12.1. The summed E-state index contributed by atoms with van der Waals surface area (Å²) in [4.78, 5) is 3.93. The number of benzene rings is 2. The average molecular weight is 348 g/mol. The molecule has 25 heavy (non-hydrogen) atoms. The minimum Gasteiger partial charge on any atom is -0.406 e. The van der Waals surface area contributed by atoms with Crippen molar-refractivity contribution >= 4 is 23.6 Å². The molecule has 0 saturated carbocycles. The molecule has 2 rings (SSSR count). The molecule has 0 saturated heterocycles. The normalized spacial score (nSPS) is 11.4. The summed E-state index contributed by atoms with van der Waals surface area (Å²) in [6.45, 7) is 1.67. The summed E-state index contributed by atoms with van der Waals surface area (Å²) in [6.07, 6.45) is -3.45. The number of alkyl halides is 3. The maximum Gasteiger partial charge on any atom is 0.573 e. The lowest BCUT2D eigenvalue weighted by atomic mass is 10.1. The molecular weight excluding hydrogens is 333 g/mol. The highest BCUT2D eigenvalue weighted by atomic mass is 19.4. The van der Waals surface area contributed by atoms with Gasteiger partial charge in [-0.3, -0.25) is 5.41 Å². The van der Waals surface area contributed by atoms with Crippen LogP contribution in [0.5, 0.6) is 5.75 Å². The van der Waals surface area contributed by atoms with Crippen LogP contribution in [0.1, 0.15) is 18.1 Å². The standard InChI is InChI=1S/C17H15F3N4O/c1-11(21)12-2-4-13(5-3-12)16(22)24-10-23-14-6-8-15(9-7-14)25-17(18,19)20/h2-10,21H,1H3,(H2,22,23,24). The van der Waals surface area contributed by atoms with E-state index in [1.54, 1.807) is 31.2 Å². The zero-order chi connectivity index (χ0) is 18.4. The van der Waals surface area contributed by atoms with Crippen molar-refractivity contribution < 1.29 is 17.9 Å². The topological polar surface area (TPSA) is 81.3 Å². The van der Waals surface area contributed by atoms with Crippen LogP contribution in [0.25, 0.3) is 0 Å². The highest BCUT2D eigenvalue weighted by molar-refractivity contribution is 6.03. The van der Waals surface area contributed by atoms with Crippen molar-refractivity contribution in [3.8, 4) is 5.75 Å². The van der Waals surface area contributed by atoms with E-state index >= 15 is 0 Å². The van der Waals surface area contributed by atoms with Crippen molar-refractivity contribution in [3.05, 3.63) is 59.7 Å². The molecular formula is C17H15F3N4O. The number of hydrogen-bond donors (Lipinski definition) is 3. The third-order valence-electron chi connectivity index (χ3n) is 3.10. The van der Waals surface area contributed by atoms with Crippen LogP contribution in [-0.2, 0) is 0 Å². The zero-order valence-electron chi connectivity index (χ0n) is 13.2. The number of nitrogens with one attached hydrogen (secondary N) is 3. The van der Waals surface area contributed by atoms with Crippen LogP contribution in [0, 0.1) is 10.8 Å². The van der Waals surface area contributed by atoms with Crippen molar-refractivity contribution in [3.63, 3.8) is 0 Å². The summed E-state index contributed by atoms with van der Waals surface area (Å²) in [6, 6.07) is 12.0. The molecule has 0 fully saturated rings. The van der Waals surface area contributed by atoms with Gasteiger partial charge >= 0.3 is 6.36 Å². The first-order chi connectivity index (χ1) is 11.7.